The summed E-state index contributed by atoms with van der Waals surface area (Å²) >= 11 is 0. The highest BCUT2D eigenvalue weighted by Crippen LogP contribution is 2.36. The predicted molar refractivity (Wildman–Crippen MR) is 138 cm³/mol. The quantitative estimate of drug-likeness (QED) is 0.206. The molecule has 0 aliphatic carbocycles. The lowest BCUT2D eigenvalue weighted by molar-refractivity contribution is -0.384. The largest absolute Gasteiger partial charge is 0.467 e. The number of non-ortho nitro benzene ring substituents is 1. The molecule has 1 unspecified atom stereocenters. The SMILES string of the molecule is O=C(CC(c1ccccc1)c1cn(Cc2ccccc2)c2ccc([N+](=O)[O-])cc12)NCc1ccco1. The normalized spacial score (nSPS) is 11.9. The van der Waals surface area contributed by atoms with E-state index in [1.54, 1.807) is 24.5 Å². The molecule has 0 saturated carbocycles. The van der Waals surface area contributed by atoms with E-state index < -0.39 is 0 Å². The summed E-state index contributed by atoms with van der Waals surface area (Å²) in [6.07, 6.45) is 3.79. The summed E-state index contributed by atoms with van der Waals surface area (Å²) in [6, 6.07) is 28.4. The number of hydrogen-bond acceptors (Lipinski definition) is 4. The smallest absolute Gasteiger partial charge is 0.270 e. The third kappa shape index (κ3) is 5.05. The summed E-state index contributed by atoms with van der Waals surface area (Å²) in [7, 11) is 0. The lowest BCUT2D eigenvalue weighted by atomic mass is 9.88. The van der Waals surface area contributed by atoms with Gasteiger partial charge < -0.3 is 14.3 Å². The molecule has 2 aromatic heterocycles. The molecular weight excluding hydrogens is 454 g/mol. The lowest BCUT2D eigenvalue weighted by Crippen LogP contribution is -2.24. The molecule has 1 atom stereocenters. The molecule has 1 N–H and O–H groups in total. The van der Waals surface area contributed by atoms with Gasteiger partial charge in [0.1, 0.15) is 5.76 Å². The van der Waals surface area contributed by atoms with E-state index in [-0.39, 0.29) is 28.9 Å². The van der Waals surface area contributed by atoms with Crippen molar-refractivity contribution in [2.45, 2.75) is 25.4 Å². The number of rotatable bonds is 9. The maximum absolute atomic E-state index is 13.0. The van der Waals surface area contributed by atoms with Crippen LogP contribution in [0.2, 0.25) is 0 Å². The molecule has 5 aromatic rings. The van der Waals surface area contributed by atoms with Crippen LogP contribution in [0.3, 0.4) is 0 Å². The molecule has 180 valence electrons. The van der Waals surface area contributed by atoms with Crippen LogP contribution >= 0.6 is 0 Å². The maximum atomic E-state index is 13.0. The molecule has 2 heterocycles. The molecule has 1 amide bonds. The van der Waals surface area contributed by atoms with Gasteiger partial charge in [0.25, 0.3) is 5.69 Å². The Morgan fingerprint density at radius 2 is 1.72 bits per heavy atom. The van der Waals surface area contributed by atoms with Crippen LogP contribution < -0.4 is 5.32 Å². The van der Waals surface area contributed by atoms with Crippen LogP contribution in [-0.4, -0.2) is 15.4 Å². The molecule has 0 fully saturated rings. The molecule has 5 rings (SSSR count). The van der Waals surface area contributed by atoms with Gasteiger partial charge >= 0.3 is 0 Å². The van der Waals surface area contributed by atoms with Crippen LogP contribution in [0.25, 0.3) is 10.9 Å². The van der Waals surface area contributed by atoms with E-state index in [1.165, 1.54) is 6.07 Å². The number of nitrogens with one attached hydrogen (secondary N) is 1. The van der Waals surface area contributed by atoms with Gasteiger partial charge in [0.2, 0.25) is 5.91 Å². The summed E-state index contributed by atoms with van der Waals surface area (Å²) in [4.78, 5) is 24.2. The van der Waals surface area contributed by atoms with Gasteiger partial charge in [-0.2, -0.15) is 0 Å². The summed E-state index contributed by atoms with van der Waals surface area (Å²) in [5.74, 6) is 0.258. The second kappa shape index (κ2) is 10.3. The first kappa shape index (κ1) is 23.1. The number of hydrogen-bond donors (Lipinski definition) is 1. The Bertz CT molecular complexity index is 1480. The fourth-order valence-electron chi connectivity index (χ4n) is 4.56. The molecule has 0 aliphatic rings. The summed E-state index contributed by atoms with van der Waals surface area (Å²) in [5.41, 5.74) is 3.87. The highest BCUT2D eigenvalue weighted by Gasteiger charge is 2.24. The number of nitro groups is 1. The van der Waals surface area contributed by atoms with Gasteiger partial charge in [-0.25, -0.2) is 0 Å². The number of carbonyl (C=O) groups is 1. The van der Waals surface area contributed by atoms with Crippen LogP contribution in [0.5, 0.6) is 0 Å². The number of amides is 1. The van der Waals surface area contributed by atoms with Crippen molar-refractivity contribution >= 4 is 22.5 Å². The third-order valence-corrected chi connectivity index (χ3v) is 6.31. The Labute approximate surface area is 208 Å². The molecule has 7 nitrogen and oxygen atoms in total. The number of aromatic nitrogens is 1. The van der Waals surface area contributed by atoms with Crippen LogP contribution in [0.15, 0.2) is 108 Å². The van der Waals surface area contributed by atoms with Gasteiger partial charge in [-0.05, 0) is 34.9 Å². The summed E-state index contributed by atoms with van der Waals surface area (Å²) in [6.45, 7) is 0.913. The minimum absolute atomic E-state index is 0.0234. The second-order valence-electron chi connectivity index (χ2n) is 8.68. The minimum Gasteiger partial charge on any atom is -0.467 e. The molecule has 7 heteroatoms. The average Bonchev–Trinajstić information content (AvgIpc) is 3.55. The predicted octanol–water partition coefficient (Wildman–Crippen LogP) is 6.03. The van der Waals surface area contributed by atoms with E-state index in [1.807, 2.05) is 72.9 Å². The maximum Gasteiger partial charge on any atom is 0.270 e. The second-order valence-corrected chi connectivity index (χ2v) is 8.68. The van der Waals surface area contributed by atoms with E-state index in [2.05, 4.69) is 9.88 Å². The van der Waals surface area contributed by atoms with Gasteiger partial charge in [-0.15, -0.1) is 0 Å². The minimum atomic E-state index is -0.384. The van der Waals surface area contributed by atoms with Crippen LogP contribution in [0.4, 0.5) is 5.69 Å². The zero-order valence-electron chi connectivity index (χ0n) is 19.5. The Hall–Kier alpha value is -4.65. The van der Waals surface area contributed by atoms with Crippen molar-refractivity contribution in [2.75, 3.05) is 0 Å². The highest BCUT2D eigenvalue weighted by atomic mass is 16.6. The fourth-order valence-corrected chi connectivity index (χ4v) is 4.56. The monoisotopic (exact) mass is 479 g/mol. The topological polar surface area (TPSA) is 90.3 Å². The van der Waals surface area contributed by atoms with Crippen molar-refractivity contribution in [1.82, 2.24) is 9.88 Å². The highest BCUT2D eigenvalue weighted by molar-refractivity contribution is 5.88. The van der Waals surface area contributed by atoms with E-state index in [9.17, 15) is 14.9 Å². The molecule has 0 radical (unpaired) electrons. The molecule has 0 spiro atoms. The summed E-state index contributed by atoms with van der Waals surface area (Å²) in [5, 5.41) is 15.3. The van der Waals surface area contributed by atoms with E-state index >= 15 is 0 Å². The molecule has 36 heavy (non-hydrogen) atoms. The number of fused-ring (bicyclic) bond motifs is 1. The molecule has 0 saturated heterocycles. The zero-order chi connectivity index (χ0) is 24.9. The van der Waals surface area contributed by atoms with Gasteiger partial charge in [0.15, 0.2) is 0 Å². The number of nitrogens with zero attached hydrogens (tertiary/aromatic N) is 2. The van der Waals surface area contributed by atoms with Crippen molar-refractivity contribution in [3.63, 3.8) is 0 Å². The standard InChI is InChI=1S/C29H25N3O4/c33-29(30-18-24-12-7-15-36-24)17-25(22-10-5-2-6-11-22)27-20-31(19-21-8-3-1-4-9-21)28-14-13-23(32(34)35)16-26(27)28/h1-16,20,25H,17-19H2,(H,30,33). The van der Waals surface area contributed by atoms with Gasteiger partial charge in [-0.1, -0.05) is 60.7 Å². The number of benzene rings is 3. The Kier molecular flexibility index (Phi) is 6.62. The van der Waals surface area contributed by atoms with Crippen molar-refractivity contribution in [3.05, 3.63) is 136 Å². The van der Waals surface area contributed by atoms with Gasteiger partial charge in [0.05, 0.1) is 17.7 Å². The van der Waals surface area contributed by atoms with Crippen molar-refractivity contribution < 1.29 is 14.1 Å². The van der Waals surface area contributed by atoms with Crippen LogP contribution in [-0.2, 0) is 17.9 Å². The van der Waals surface area contributed by atoms with Crippen LogP contribution in [0, 0.1) is 10.1 Å². The van der Waals surface area contributed by atoms with Crippen molar-refractivity contribution in [1.29, 1.82) is 0 Å². The lowest BCUT2D eigenvalue weighted by Gasteiger charge is -2.17. The molecule has 0 bridgehead atoms. The molecular formula is C29H25N3O4. The number of nitro benzene ring substituents is 1. The number of furan rings is 1. The molecule has 0 aliphatic heterocycles. The van der Waals surface area contributed by atoms with E-state index in [4.69, 9.17) is 4.42 Å². The van der Waals surface area contributed by atoms with E-state index in [0.29, 0.717) is 18.8 Å². The first-order valence-electron chi connectivity index (χ1n) is 11.7. The summed E-state index contributed by atoms with van der Waals surface area (Å²) < 4.78 is 7.43. The number of carbonyl (C=O) groups excluding carboxylic acids is 1. The Morgan fingerprint density at radius 1 is 0.972 bits per heavy atom. The Morgan fingerprint density at radius 3 is 2.42 bits per heavy atom. The first-order chi connectivity index (χ1) is 17.6. The van der Waals surface area contributed by atoms with Gasteiger partial charge in [-0.3, -0.25) is 14.9 Å². The van der Waals surface area contributed by atoms with E-state index in [0.717, 1.165) is 27.6 Å². The zero-order valence-corrected chi connectivity index (χ0v) is 19.5. The van der Waals surface area contributed by atoms with Crippen molar-refractivity contribution in [2.24, 2.45) is 0 Å². The van der Waals surface area contributed by atoms with Gasteiger partial charge in [0, 0.05) is 48.1 Å². The van der Waals surface area contributed by atoms with Crippen molar-refractivity contribution in [3.8, 4) is 0 Å². The molecule has 3 aromatic carbocycles. The third-order valence-electron chi connectivity index (χ3n) is 6.31. The average molecular weight is 480 g/mol. The Balaban J connectivity index is 1.56. The first-order valence-corrected chi connectivity index (χ1v) is 11.7. The fraction of sp³-hybridized carbons (Fsp3) is 0.138. The van der Waals surface area contributed by atoms with Crippen LogP contribution in [0.1, 0.15) is 34.8 Å².